The molecule has 0 heterocycles. The first-order valence-electron chi connectivity index (χ1n) is 6.95. The van der Waals surface area contributed by atoms with Crippen LogP contribution in [-0.2, 0) is 0 Å². The lowest BCUT2D eigenvalue weighted by atomic mass is 10.1. The lowest BCUT2D eigenvalue weighted by molar-refractivity contribution is 0.0680. The molecule has 0 saturated carbocycles. The number of benzene rings is 2. The smallest absolute Gasteiger partial charge is 0.253 e. The molecule has 1 amide bonds. The summed E-state index contributed by atoms with van der Waals surface area (Å²) in [6.07, 6.45) is -0.904. The highest BCUT2D eigenvalue weighted by atomic mass is 35.5. The van der Waals surface area contributed by atoms with Crippen LogP contribution in [0.1, 0.15) is 22.0 Å². The number of rotatable bonds is 5. The number of hydrogen-bond acceptors (Lipinski definition) is 3. The van der Waals surface area contributed by atoms with Crippen molar-refractivity contribution in [1.29, 1.82) is 0 Å². The van der Waals surface area contributed by atoms with E-state index in [1.54, 1.807) is 25.2 Å². The molecule has 1 atom stereocenters. The largest absolute Gasteiger partial charge is 0.495 e. The topological polar surface area (TPSA) is 49.8 Å². The summed E-state index contributed by atoms with van der Waals surface area (Å²) >= 11 is 5.94. The van der Waals surface area contributed by atoms with Crippen molar-refractivity contribution in [1.82, 2.24) is 4.90 Å². The summed E-state index contributed by atoms with van der Waals surface area (Å²) in [6, 6.07) is 10.2. The molecule has 0 radical (unpaired) electrons. The highest BCUT2D eigenvalue weighted by molar-refractivity contribution is 6.32. The van der Waals surface area contributed by atoms with Gasteiger partial charge >= 0.3 is 0 Å². The number of likely N-dealkylation sites (N-methyl/N-ethyl adjacent to an activating group) is 1. The Labute approximate surface area is 139 Å². The van der Waals surface area contributed by atoms with Crippen LogP contribution in [0.2, 0.25) is 5.02 Å². The Morgan fingerprint density at radius 3 is 2.57 bits per heavy atom. The monoisotopic (exact) mass is 337 g/mol. The van der Waals surface area contributed by atoms with Crippen LogP contribution in [0.3, 0.4) is 0 Å². The van der Waals surface area contributed by atoms with Gasteiger partial charge in [-0.3, -0.25) is 4.79 Å². The minimum absolute atomic E-state index is 0.0788. The van der Waals surface area contributed by atoms with Crippen LogP contribution in [0, 0.1) is 5.82 Å². The zero-order valence-corrected chi connectivity index (χ0v) is 13.5. The molecule has 6 heteroatoms. The van der Waals surface area contributed by atoms with Gasteiger partial charge in [-0.25, -0.2) is 4.39 Å². The number of nitrogens with zero attached hydrogens (tertiary/aromatic N) is 1. The second kappa shape index (κ2) is 7.44. The van der Waals surface area contributed by atoms with E-state index >= 15 is 0 Å². The Bertz CT molecular complexity index is 691. The molecule has 122 valence electrons. The van der Waals surface area contributed by atoms with Gasteiger partial charge in [-0.15, -0.1) is 0 Å². The third-order valence-electron chi connectivity index (χ3n) is 3.45. The van der Waals surface area contributed by atoms with Gasteiger partial charge in [-0.05, 0) is 35.9 Å². The molecule has 0 aliphatic carbocycles. The fraction of sp³-hybridized carbons (Fsp3) is 0.235. The summed E-state index contributed by atoms with van der Waals surface area (Å²) in [5.41, 5.74) is 0.944. The summed E-state index contributed by atoms with van der Waals surface area (Å²) < 4.78 is 18.0. The number of hydrogen-bond donors (Lipinski definition) is 1. The Morgan fingerprint density at radius 1 is 1.30 bits per heavy atom. The van der Waals surface area contributed by atoms with Crippen molar-refractivity contribution in [2.45, 2.75) is 6.10 Å². The molecule has 4 nitrogen and oxygen atoms in total. The van der Waals surface area contributed by atoms with E-state index in [0.29, 0.717) is 21.9 Å². The van der Waals surface area contributed by atoms with Gasteiger partial charge in [-0.2, -0.15) is 0 Å². The van der Waals surface area contributed by atoms with E-state index in [1.165, 1.54) is 36.3 Å². The highest BCUT2D eigenvalue weighted by Crippen LogP contribution is 2.25. The average molecular weight is 338 g/mol. The van der Waals surface area contributed by atoms with Gasteiger partial charge in [0.1, 0.15) is 11.6 Å². The van der Waals surface area contributed by atoms with Gasteiger partial charge in [0.2, 0.25) is 0 Å². The van der Waals surface area contributed by atoms with Gasteiger partial charge in [0.15, 0.2) is 0 Å². The van der Waals surface area contributed by atoms with Crippen LogP contribution >= 0.6 is 11.6 Å². The molecule has 2 rings (SSSR count). The van der Waals surface area contributed by atoms with Crippen molar-refractivity contribution in [3.05, 3.63) is 64.4 Å². The van der Waals surface area contributed by atoms with Crippen molar-refractivity contribution in [3.8, 4) is 5.75 Å². The van der Waals surface area contributed by atoms with Crippen LogP contribution in [0.15, 0.2) is 42.5 Å². The first kappa shape index (κ1) is 17.2. The fourth-order valence-corrected chi connectivity index (χ4v) is 2.34. The van der Waals surface area contributed by atoms with E-state index in [2.05, 4.69) is 0 Å². The zero-order valence-electron chi connectivity index (χ0n) is 12.8. The predicted octanol–water partition coefficient (Wildman–Crippen LogP) is 3.29. The van der Waals surface area contributed by atoms with Crippen molar-refractivity contribution in [3.63, 3.8) is 0 Å². The van der Waals surface area contributed by atoms with E-state index < -0.39 is 6.10 Å². The molecule has 1 unspecified atom stereocenters. The van der Waals surface area contributed by atoms with Gasteiger partial charge in [0.05, 0.1) is 24.8 Å². The van der Waals surface area contributed by atoms with Crippen molar-refractivity contribution >= 4 is 17.5 Å². The molecule has 0 aromatic heterocycles. The van der Waals surface area contributed by atoms with E-state index in [4.69, 9.17) is 16.3 Å². The molecule has 23 heavy (non-hydrogen) atoms. The molecule has 0 saturated heterocycles. The third-order valence-corrected chi connectivity index (χ3v) is 3.76. The zero-order chi connectivity index (χ0) is 17.0. The molecule has 0 fully saturated rings. The van der Waals surface area contributed by atoms with Crippen LogP contribution in [0.25, 0.3) is 0 Å². The lowest BCUT2D eigenvalue weighted by Gasteiger charge is -2.21. The Balaban J connectivity index is 2.09. The molecule has 1 N–H and O–H groups in total. The van der Waals surface area contributed by atoms with Crippen LogP contribution in [0.4, 0.5) is 4.39 Å². The molecular formula is C17H17ClFNO3. The van der Waals surface area contributed by atoms with Crippen molar-refractivity contribution in [2.24, 2.45) is 0 Å². The number of aliphatic hydroxyl groups is 1. The maximum absolute atomic E-state index is 12.9. The second-order valence-electron chi connectivity index (χ2n) is 5.10. The van der Waals surface area contributed by atoms with E-state index in [9.17, 15) is 14.3 Å². The molecule has 0 spiro atoms. The first-order valence-corrected chi connectivity index (χ1v) is 7.32. The summed E-state index contributed by atoms with van der Waals surface area (Å²) in [6.45, 7) is 0.0788. The molecule has 2 aromatic rings. The van der Waals surface area contributed by atoms with Gasteiger partial charge in [-0.1, -0.05) is 23.7 Å². The van der Waals surface area contributed by atoms with Crippen LogP contribution in [0.5, 0.6) is 5.75 Å². The predicted molar refractivity (Wildman–Crippen MR) is 86.3 cm³/mol. The van der Waals surface area contributed by atoms with E-state index in [1.807, 2.05) is 0 Å². The number of amides is 1. The maximum Gasteiger partial charge on any atom is 0.253 e. The molecular weight excluding hydrogens is 321 g/mol. The molecule has 0 aliphatic heterocycles. The Hall–Kier alpha value is -2.11. The number of carbonyl (C=O) groups is 1. The van der Waals surface area contributed by atoms with E-state index in [-0.39, 0.29) is 18.3 Å². The van der Waals surface area contributed by atoms with Crippen molar-refractivity contribution < 1.29 is 19.0 Å². The van der Waals surface area contributed by atoms with Gasteiger partial charge < -0.3 is 14.7 Å². The van der Waals surface area contributed by atoms with Gasteiger partial charge in [0.25, 0.3) is 5.91 Å². The van der Waals surface area contributed by atoms with Crippen LogP contribution in [-0.4, -0.2) is 36.6 Å². The van der Waals surface area contributed by atoms with Crippen LogP contribution < -0.4 is 4.74 Å². The first-order chi connectivity index (χ1) is 10.9. The second-order valence-corrected chi connectivity index (χ2v) is 5.51. The SMILES string of the molecule is COc1cc(C(=O)N(C)CC(O)c2ccc(F)cc2)ccc1Cl. The Kier molecular flexibility index (Phi) is 5.58. The standard InChI is InChI=1S/C17H17ClFNO3/c1-20(10-15(21)11-3-6-13(19)7-4-11)17(22)12-5-8-14(18)16(9-12)23-2/h3-9,15,21H,10H2,1-2H3. The summed E-state index contributed by atoms with van der Waals surface area (Å²) in [5.74, 6) is -0.246. The van der Waals surface area contributed by atoms with E-state index in [0.717, 1.165) is 0 Å². The third kappa shape index (κ3) is 4.21. The van der Waals surface area contributed by atoms with Crippen molar-refractivity contribution in [2.75, 3.05) is 20.7 Å². The average Bonchev–Trinajstić information content (AvgIpc) is 2.55. The molecule has 2 aromatic carbocycles. The normalized spacial score (nSPS) is 11.9. The maximum atomic E-state index is 12.9. The number of halogens is 2. The highest BCUT2D eigenvalue weighted by Gasteiger charge is 2.18. The number of methoxy groups -OCH3 is 1. The number of aliphatic hydroxyl groups excluding tert-OH is 1. The molecule has 0 bridgehead atoms. The minimum atomic E-state index is -0.904. The summed E-state index contributed by atoms with van der Waals surface area (Å²) in [7, 11) is 3.05. The molecule has 0 aliphatic rings. The fourth-order valence-electron chi connectivity index (χ4n) is 2.15. The summed E-state index contributed by atoms with van der Waals surface area (Å²) in [4.78, 5) is 13.8. The number of carbonyl (C=O) groups excluding carboxylic acids is 1. The lowest BCUT2D eigenvalue weighted by Crippen LogP contribution is -2.31. The van der Waals surface area contributed by atoms with Gasteiger partial charge in [0, 0.05) is 12.6 Å². The quantitative estimate of drug-likeness (QED) is 0.910. The minimum Gasteiger partial charge on any atom is -0.495 e. The summed E-state index contributed by atoms with van der Waals surface area (Å²) in [5, 5.41) is 10.6. The Morgan fingerprint density at radius 2 is 1.96 bits per heavy atom. The number of ether oxygens (including phenoxy) is 1.